The standard InChI is InChI=1S/C14H25N3O2/c1-2-6-14(7-4-8-16-14)13(19)17-9-3-5-11(10-17)12(15)18/h11,16H,2-10H2,1H3,(H2,15,18). The van der Waals surface area contributed by atoms with Gasteiger partial charge in [0.25, 0.3) is 0 Å². The summed E-state index contributed by atoms with van der Waals surface area (Å²) < 4.78 is 0. The monoisotopic (exact) mass is 267 g/mol. The van der Waals surface area contributed by atoms with E-state index in [-0.39, 0.29) is 23.3 Å². The van der Waals surface area contributed by atoms with Crippen LogP contribution in [0, 0.1) is 5.92 Å². The second-order valence-electron chi connectivity index (χ2n) is 5.86. The molecule has 2 saturated heterocycles. The minimum absolute atomic E-state index is 0.169. The summed E-state index contributed by atoms with van der Waals surface area (Å²) in [6.45, 7) is 4.29. The minimum atomic E-state index is -0.381. The van der Waals surface area contributed by atoms with Gasteiger partial charge in [-0.05, 0) is 38.6 Å². The van der Waals surface area contributed by atoms with E-state index < -0.39 is 0 Å². The van der Waals surface area contributed by atoms with Crippen LogP contribution >= 0.6 is 0 Å². The molecule has 2 aliphatic heterocycles. The molecule has 2 atom stereocenters. The second-order valence-corrected chi connectivity index (χ2v) is 5.86. The van der Waals surface area contributed by atoms with Crippen LogP contribution in [0.3, 0.4) is 0 Å². The maximum absolute atomic E-state index is 12.8. The molecule has 2 fully saturated rings. The van der Waals surface area contributed by atoms with Crippen molar-refractivity contribution in [2.24, 2.45) is 11.7 Å². The van der Waals surface area contributed by atoms with Crippen molar-refractivity contribution in [1.82, 2.24) is 10.2 Å². The van der Waals surface area contributed by atoms with Gasteiger partial charge in [0.15, 0.2) is 0 Å². The van der Waals surface area contributed by atoms with Crippen molar-refractivity contribution < 1.29 is 9.59 Å². The molecule has 5 heteroatoms. The Labute approximate surface area is 114 Å². The van der Waals surface area contributed by atoms with Gasteiger partial charge in [0.05, 0.1) is 11.5 Å². The maximum Gasteiger partial charge on any atom is 0.242 e. The van der Waals surface area contributed by atoms with Crippen LogP contribution in [0.2, 0.25) is 0 Å². The van der Waals surface area contributed by atoms with Gasteiger partial charge < -0.3 is 16.0 Å². The van der Waals surface area contributed by atoms with Gasteiger partial charge in [-0.25, -0.2) is 0 Å². The van der Waals surface area contributed by atoms with E-state index in [1.54, 1.807) is 0 Å². The average Bonchev–Trinajstić information content (AvgIpc) is 2.88. The molecule has 3 N–H and O–H groups in total. The zero-order valence-corrected chi connectivity index (χ0v) is 11.8. The van der Waals surface area contributed by atoms with Gasteiger partial charge in [0, 0.05) is 13.1 Å². The zero-order chi connectivity index (χ0) is 13.9. The van der Waals surface area contributed by atoms with Crippen molar-refractivity contribution in [2.45, 2.75) is 51.0 Å². The number of primary amides is 1. The Hall–Kier alpha value is -1.10. The molecule has 0 bridgehead atoms. The van der Waals surface area contributed by atoms with E-state index in [0.29, 0.717) is 6.54 Å². The number of rotatable bonds is 4. The number of nitrogens with zero attached hydrogens (tertiary/aromatic N) is 1. The molecule has 108 valence electrons. The van der Waals surface area contributed by atoms with Crippen LogP contribution in [0.15, 0.2) is 0 Å². The second kappa shape index (κ2) is 5.90. The minimum Gasteiger partial charge on any atom is -0.369 e. The van der Waals surface area contributed by atoms with Crippen LogP contribution in [0.4, 0.5) is 0 Å². The van der Waals surface area contributed by atoms with Crippen LogP contribution in [-0.4, -0.2) is 41.9 Å². The quantitative estimate of drug-likeness (QED) is 0.784. The number of nitrogens with two attached hydrogens (primary N) is 1. The van der Waals surface area contributed by atoms with E-state index in [2.05, 4.69) is 12.2 Å². The Bertz CT molecular complexity index is 351. The SMILES string of the molecule is CCCC1(C(=O)N2CCCC(C(N)=O)C2)CCCN1. The van der Waals surface area contributed by atoms with Crippen molar-refractivity contribution in [1.29, 1.82) is 0 Å². The molecule has 0 aliphatic carbocycles. The Morgan fingerprint density at radius 3 is 2.79 bits per heavy atom. The van der Waals surface area contributed by atoms with Crippen molar-refractivity contribution in [3.63, 3.8) is 0 Å². The van der Waals surface area contributed by atoms with Crippen molar-refractivity contribution in [3.8, 4) is 0 Å². The topological polar surface area (TPSA) is 75.4 Å². The predicted octanol–water partition coefficient (Wildman–Crippen LogP) is 0.633. The molecule has 0 aromatic rings. The van der Waals surface area contributed by atoms with Crippen molar-refractivity contribution in [2.75, 3.05) is 19.6 Å². The third-order valence-corrected chi connectivity index (χ3v) is 4.44. The van der Waals surface area contributed by atoms with Crippen LogP contribution in [0.25, 0.3) is 0 Å². The molecule has 2 aliphatic rings. The van der Waals surface area contributed by atoms with Gasteiger partial charge in [0.1, 0.15) is 0 Å². The number of nitrogens with one attached hydrogen (secondary N) is 1. The third kappa shape index (κ3) is 2.91. The van der Waals surface area contributed by atoms with Crippen LogP contribution in [-0.2, 0) is 9.59 Å². The summed E-state index contributed by atoms with van der Waals surface area (Å²) in [7, 11) is 0. The largest absolute Gasteiger partial charge is 0.369 e. The lowest BCUT2D eigenvalue weighted by molar-refractivity contribution is -0.141. The highest BCUT2D eigenvalue weighted by Gasteiger charge is 2.43. The molecule has 2 heterocycles. The Balaban J connectivity index is 2.07. The maximum atomic E-state index is 12.8. The highest BCUT2D eigenvalue weighted by atomic mass is 16.2. The lowest BCUT2D eigenvalue weighted by Gasteiger charge is -2.38. The highest BCUT2D eigenvalue weighted by molar-refractivity contribution is 5.87. The van der Waals surface area contributed by atoms with Crippen molar-refractivity contribution >= 4 is 11.8 Å². The molecule has 5 nitrogen and oxygen atoms in total. The predicted molar refractivity (Wildman–Crippen MR) is 73.4 cm³/mol. The van der Waals surface area contributed by atoms with E-state index in [4.69, 9.17) is 5.73 Å². The number of hydrogen-bond acceptors (Lipinski definition) is 3. The fourth-order valence-electron chi connectivity index (χ4n) is 3.43. The van der Waals surface area contributed by atoms with E-state index >= 15 is 0 Å². The van der Waals surface area contributed by atoms with Crippen LogP contribution < -0.4 is 11.1 Å². The van der Waals surface area contributed by atoms with Crippen molar-refractivity contribution in [3.05, 3.63) is 0 Å². The van der Waals surface area contributed by atoms with E-state index in [1.165, 1.54) is 0 Å². The molecular formula is C14H25N3O2. The first-order chi connectivity index (χ1) is 9.09. The van der Waals surface area contributed by atoms with Crippen LogP contribution in [0.5, 0.6) is 0 Å². The molecule has 0 radical (unpaired) electrons. The lowest BCUT2D eigenvalue weighted by atomic mass is 9.88. The first kappa shape index (κ1) is 14.3. The average molecular weight is 267 g/mol. The summed E-state index contributed by atoms with van der Waals surface area (Å²) in [6.07, 6.45) is 5.53. The summed E-state index contributed by atoms with van der Waals surface area (Å²) in [6, 6.07) is 0. The fraction of sp³-hybridized carbons (Fsp3) is 0.857. The Kier molecular flexibility index (Phi) is 4.45. The van der Waals surface area contributed by atoms with Gasteiger partial charge in [0.2, 0.25) is 11.8 Å². The molecule has 0 spiro atoms. The van der Waals surface area contributed by atoms with Gasteiger partial charge >= 0.3 is 0 Å². The summed E-state index contributed by atoms with van der Waals surface area (Å²) in [5.74, 6) is -0.267. The molecular weight excluding hydrogens is 242 g/mol. The first-order valence-corrected chi connectivity index (χ1v) is 7.43. The number of hydrogen-bond donors (Lipinski definition) is 2. The van der Waals surface area contributed by atoms with E-state index in [1.807, 2.05) is 4.90 Å². The normalized spacial score (nSPS) is 31.4. The number of likely N-dealkylation sites (tertiary alicyclic amines) is 1. The number of amides is 2. The Morgan fingerprint density at radius 2 is 2.21 bits per heavy atom. The molecule has 2 unspecified atom stereocenters. The molecule has 0 aromatic carbocycles. The highest BCUT2D eigenvalue weighted by Crippen LogP contribution is 2.29. The van der Waals surface area contributed by atoms with Gasteiger partial charge in [-0.3, -0.25) is 9.59 Å². The summed E-state index contributed by atoms with van der Waals surface area (Å²) in [5, 5.41) is 3.40. The smallest absolute Gasteiger partial charge is 0.242 e. The molecule has 0 aromatic heterocycles. The van der Waals surface area contributed by atoms with Gasteiger partial charge in [-0.15, -0.1) is 0 Å². The Morgan fingerprint density at radius 1 is 1.42 bits per heavy atom. The lowest BCUT2D eigenvalue weighted by Crippen LogP contribution is -2.57. The molecule has 2 amide bonds. The third-order valence-electron chi connectivity index (χ3n) is 4.44. The zero-order valence-electron chi connectivity index (χ0n) is 11.8. The molecule has 2 rings (SSSR count). The molecule has 19 heavy (non-hydrogen) atoms. The van der Waals surface area contributed by atoms with Gasteiger partial charge in [-0.1, -0.05) is 13.3 Å². The fourth-order valence-corrected chi connectivity index (χ4v) is 3.43. The summed E-state index contributed by atoms with van der Waals surface area (Å²) >= 11 is 0. The summed E-state index contributed by atoms with van der Waals surface area (Å²) in [5.41, 5.74) is 5.00. The van der Waals surface area contributed by atoms with E-state index in [0.717, 1.165) is 51.6 Å². The number of carbonyl (C=O) groups excluding carboxylic acids is 2. The van der Waals surface area contributed by atoms with E-state index in [9.17, 15) is 9.59 Å². The number of carbonyl (C=O) groups is 2. The summed E-state index contributed by atoms with van der Waals surface area (Å²) in [4.78, 5) is 26.0. The number of piperidine rings is 1. The van der Waals surface area contributed by atoms with Gasteiger partial charge in [-0.2, -0.15) is 0 Å². The van der Waals surface area contributed by atoms with Crippen LogP contribution in [0.1, 0.15) is 45.4 Å². The first-order valence-electron chi connectivity index (χ1n) is 7.43. The molecule has 0 saturated carbocycles.